The van der Waals surface area contributed by atoms with Gasteiger partial charge < -0.3 is 10.4 Å². The lowest BCUT2D eigenvalue weighted by atomic mass is 10.1. The standard InChI is InChI=1S/C17H25ClN2O2/c1-13-6-7-14(11-16(13)18)17(22)19-8-2-3-9-20-10-4-5-15(20)12-21/h6-7,11,15,21H,2-5,8-10,12H2,1H3,(H,19,22). The average Bonchev–Trinajstić information content (AvgIpc) is 2.97. The van der Waals surface area contributed by atoms with Crippen LogP contribution in [0.15, 0.2) is 18.2 Å². The van der Waals surface area contributed by atoms with Crippen molar-refractivity contribution in [3.05, 3.63) is 34.3 Å². The van der Waals surface area contributed by atoms with Crippen LogP contribution >= 0.6 is 11.6 Å². The van der Waals surface area contributed by atoms with Gasteiger partial charge in [0.25, 0.3) is 5.91 Å². The number of rotatable bonds is 7. The van der Waals surface area contributed by atoms with Gasteiger partial charge in [0.1, 0.15) is 0 Å². The Bertz CT molecular complexity index is 507. The van der Waals surface area contributed by atoms with Gasteiger partial charge in [-0.05, 0) is 63.4 Å². The maximum atomic E-state index is 12.0. The van der Waals surface area contributed by atoms with E-state index in [4.69, 9.17) is 11.6 Å². The minimum atomic E-state index is -0.0729. The number of aliphatic hydroxyl groups excluding tert-OH is 1. The van der Waals surface area contributed by atoms with E-state index in [0.29, 0.717) is 23.2 Å². The van der Waals surface area contributed by atoms with Crippen LogP contribution in [0.3, 0.4) is 0 Å². The molecular formula is C17H25ClN2O2. The second-order valence-electron chi connectivity index (χ2n) is 5.94. The highest BCUT2D eigenvalue weighted by Gasteiger charge is 2.22. The van der Waals surface area contributed by atoms with Gasteiger partial charge in [-0.3, -0.25) is 9.69 Å². The molecular weight excluding hydrogens is 300 g/mol. The number of benzene rings is 1. The molecule has 1 saturated heterocycles. The highest BCUT2D eigenvalue weighted by Crippen LogP contribution is 2.17. The fraction of sp³-hybridized carbons (Fsp3) is 0.588. The molecule has 0 aliphatic carbocycles. The molecule has 2 N–H and O–H groups in total. The topological polar surface area (TPSA) is 52.6 Å². The molecule has 1 atom stereocenters. The van der Waals surface area contributed by atoms with Crippen LogP contribution in [0.5, 0.6) is 0 Å². The van der Waals surface area contributed by atoms with E-state index in [1.807, 2.05) is 13.0 Å². The first kappa shape index (κ1) is 17.3. The van der Waals surface area contributed by atoms with Crippen LogP contribution in [0.2, 0.25) is 5.02 Å². The number of halogens is 1. The third kappa shape index (κ3) is 4.70. The highest BCUT2D eigenvalue weighted by molar-refractivity contribution is 6.31. The zero-order valence-electron chi connectivity index (χ0n) is 13.1. The number of likely N-dealkylation sites (tertiary alicyclic amines) is 1. The number of nitrogens with one attached hydrogen (secondary N) is 1. The summed E-state index contributed by atoms with van der Waals surface area (Å²) in [6.45, 7) is 4.92. The summed E-state index contributed by atoms with van der Waals surface area (Å²) in [6.07, 6.45) is 4.25. The molecule has 1 fully saturated rings. The predicted molar refractivity (Wildman–Crippen MR) is 89.4 cm³/mol. The smallest absolute Gasteiger partial charge is 0.251 e. The van der Waals surface area contributed by atoms with Crippen molar-refractivity contribution >= 4 is 17.5 Å². The van der Waals surface area contributed by atoms with Gasteiger partial charge in [-0.1, -0.05) is 17.7 Å². The van der Waals surface area contributed by atoms with E-state index >= 15 is 0 Å². The van der Waals surface area contributed by atoms with Gasteiger partial charge in [-0.2, -0.15) is 0 Å². The van der Waals surface area contributed by atoms with E-state index in [1.165, 1.54) is 6.42 Å². The number of nitrogens with zero attached hydrogens (tertiary/aromatic N) is 1. The van der Waals surface area contributed by atoms with Crippen molar-refractivity contribution in [1.29, 1.82) is 0 Å². The van der Waals surface area contributed by atoms with E-state index in [-0.39, 0.29) is 12.5 Å². The van der Waals surface area contributed by atoms with Crippen molar-refractivity contribution in [3.8, 4) is 0 Å². The molecule has 1 amide bonds. The molecule has 1 aliphatic heterocycles. The van der Waals surface area contributed by atoms with Crippen LogP contribution in [0.25, 0.3) is 0 Å². The van der Waals surface area contributed by atoms with E-state index in [9.17, 15) is 9.90 Å². The van der Waals surface area contributed by atoms with Crippen molar-refractivity contribution in [1.82, 2.24) is 10.2 Å². The molecule has 1 unspecified atom stereocenters. The fourth-order valence-electron chi connectivity index (χ4n) is 2.87. The third-order valence-electron chi connectivity index (χ3n) is 4.30. The van der Waals surface area contributed by atoms with Crippen LogP contribution in [0, 0.1) is 6.92 Å². The summed E-state index contributed by atoms with van der Waals surface area (Å²) in [5, 5.41) is 12.8. The minimum Gasteiger partial charge on any atom is -0.395 e. The normalized spacial score (nSPS) is 18.6. The van der Waals surface area contributed by atoms with Crippen LogP contribution in [0.1, 0.15) is 41.6 Å². The van der Waals surface area contributed by atoms with Gasteiger partial charge >= 0.3 is 0 Å². The molecule has 1 aromatic carbocycles. The summed E-state index contributed by atoms with van der Waals surface area (Å²) in [5.74, 6) is -0.0729. The highest BCUT2D eigenvalue weighted by atomic mass is 35.5. The first-order valence-corrected chi connectivity index (χ1v) is 8.39. The second kappa shape index (κ2) is 8.51. The van der Waals surface area contributed by atoms with Gasteiger partial charge in [-0.25, -0.2) is 0 Å². The van der Waals surface area contributed by atoms with E-state index in [1.54, 1.807) is 12.1 Å². The second-order valence-corrected chi connectivity index (χ2v) is 6.35. The Kier molecular flexibility index (Phi) is 6.68. The lowest BCUT2D eigenvalue weighted by Crippen LogP contribution is -2.33. The fourth-order valence-corrected chi connectivity index (χ4v) is 3.05. The molecule has 0 saturated carbocycles. The maximum absolute atomic E-state index is 12.0. The number of amides is 1. The lowest BCUT2D eigenvalue weighted by molar-refractivity contribution is 0.0952. The first-order valence-electron chi connectivity index (χ1n) is 8.01. The Hall–Kier alpha value is -1.10. The molecule has 5 heteroatoms. The molecule has 1 aliphatic rings. The van der Waals surface area contributed by atoms with Crippen molar-refractivity contribution in [2.45, 2.75) is 38.6 Å². The van der Waals surface area contributed by atoms with Crippen LogP contribution in [-0.2, 0) is 0 Å². The Labute approximate surface area is 137 Å². The van der Waals surface area contributed by atoms with E-state index in [0.717, 1.165) is 37.9 Å². The molecule has 0 bridgehead atoms. The average molecular weight is 325 g/mol. The largest absolute Gasteiger partial charge is 0.395 e. The van der Waals surface area contributed by atoms with Crippen molar-refractivity contribution < 1.29 is 9.90 Å². The van der Waals surface area contributed by atoms with E-state index < -0.39 is 0 Å². The van der Waals surface area contributed by atoms with Gasteiger partial charge in [0.2, 0.25) is 0 Å². The number of hydrogen-bond donors (Lipinski definition) is 2. The molecule has 122 valence electrons. The SMILES string of the molecule is Cc1ccc(C(=O)NCCCCN2CCCC2CO)cc1Cl. The molecule has 0 radical (unpaired) electrons. The van der Waals surface area contributed by atoms with Crippen LogP contribution in [-0.4, -0.2) is 48.2 Å². The summed E-state index contributed by atoms with van der Waals surface area (Å²) in [7, 11) is 0. The Balaban J connectivity index is 1.66. The summed E-state index contributed by atoms with van der Waals surface area (Å²) in [6, 6.07) is 5.71. The molecule has 1 aromatic rings. The third-order valence-corrected chi connectivity index (χ3v) is 4.71. The molecule has 4 nitrogen and oxygen atoms in total. The van der Waals surface area contributed by atoms with Gasteiger partial charge in [-0.15, -0.1) is 0 Å². The number of hydrogen-bond acceptors (Lipinski definition) is 3. The zero-order chi connectivity index (χ0) is 15.9. The monoisotopic (exact) mass is 324 g/mol. The Morgan fingerprint density at radius 3 is 3.00 bits per heavy atom. The van der Waals surface area contributed by atoms with E-state index in [2.05, 4.69) is 10.2 Å². The van der Waals surface area contributed by atoms with Gasteiger partial charge in [0.15, 0.2) is 0 Å². The molecule has 22 heavy (non-hydrogen) atoms. The van der Waals surface area contributed by atoms with Crippen LogP contribution in [0.4, 0.5) is 0 Å². The lowest BCUT2D eigenvalue weighted by Gasteiger charge is -2.22. The maximum Gasteiger partial charge on any atom is 0.251 e. The van der Waals surface area contributed by atoms with Crippen LogP contribution < -0.4 is 5.32 Å². The zero-order valence-corrected chi connectivity index (χ0v) is 13.9. The van der Waals surface area contributed by atoms with Gasteiger partial charge in [0, 0.05) is 23.2 Å². The summed E-state index contributed by atoms with van der Waals surface area (Å²) < 4.78 is 0. The predicted octanol–water partition coefficient (Wildman–Crippen LogP) is 2.62. The number of carbonyl (C=O) groups excluding carboxylic acids is 1. The van der Waals surface area contributed by atoms with Crippen molar-refractivity contribution in [3.63, 3.8) is 0 Å². The summed E-state index contributed by atoms with van der Waals surface area (Å²) in [4.78, 5) is 14.4. The quantitative estimate of drug-likeness (QED) is 0.758. The minimum absolute atomic E-state index is 0.0729. The number of aliphatic hydroxyl groups is 1. The van der Waals surface area contributed by atoms with Gasteiger partial charge in [0.05, 0.1) is 6.61 Å². The Morgan fingerprint density at radius 1 is 1.45 bits per heavy atom. The summed E-state index contributed by atoms with van der Waals surface area (Å²) in [5.41, 5.74) is 1.58. The number of carbonyl (C=O) groups is 1. The Morgan fingerprint density at radius 2 is 2.27 bits per heavy atom. The number of unbranched alkanes of at least 4 members (excludes halogenated alkanes) is 1. The molecule has 0 aromatic heterocycles. The summed E-state index contributed by atoms with van der Waals surface area (Å²) >= 11 is 6.04. The molecule has 1 heterocycles. The first-order chi connectivity index (χ1) is 10.6. The molecule has 2 rings (SSSR count). The van der Waals surface area contributed by atoms with Crippen molar-refractivity contribution in [2.75, 3.05) is 26.2 Å². The van der Waals surface area contributed by atoms with Crippen molar-refractivity contribution in [2.24, 2.45) is 0 Å². The number of aryl methyl sites for hydroxylation is 1. The molecule has 0 spiro atoms.